The van der Waals surface area contributed by atoms with Gasteiger partial charge in [-0.2, -0.15) is 0 Å². The lowest BCUT2D eigenvalue weighted by Gasteiger charge is -1.84. The van der Waals surface area contributed by atoms with Crippen molar-refractivity contribution in [2.75, 3.05) is 0 Å². The lowest BCUT2D eigenvalue weighted by atomic mass is 10.3. The van der Waals surface area contributed by atoms with Crippen molar-refractivity contribution in [3.8, 4) is 0 Å². The summed E-state index contributed by atoms with van der Waals surface area (Å²) in [5, 5.41) is 0. The topological polar surface area (TPSA) is 0 Å². The van der Waals surface area contributed by atoms with Gasteiger partial charge < -0.3 is 0 Å². The molecule has 1 heteroatoms. The highest BCUT2D eigenvalue weighted by Crippen LogP contribution is 1.99. The van der Waals surface area contributed by atoms with Crippen LogP contribution in [0.25, 0.3) is 0 Å². The second-order valence-electron chi connectivity index (χ2n) is 1.63. The molecular formula is C6H12S. The zero-order chi connectivity index (χ0) is 5.70. The number of hydrogen-bond acceptors (Lipinski definition) is 1. The number of allylic oxidation sites excluding steroid dienone is 2. The van der Waals surface area contributed by atoms with Crippen molar-refractivity contribution in [1.82, 2.24) is 0 Å². The Kier molecular flexibility index (Phi) is 4.31. The van der Waals surface area contributed by atoms with E-state index in [-0.39, 0.29) is 0 Å². The number of thiol groups is 1. The van der Waals surface area contributed by atoms with Crippen LogP contribution in [0.3, 0.4) is 0 Å². The minimum absolute atomic E-state index is 1.13. The summed E-state index contributed by atoms with van der Waals surface area (Å²) in [4.78, 5) is 1.13. The van der Waals surface area contributed by atoms with Crippen LogP contribution in [-0.4, -0.2) is 0 Å². The standard InChI is InChI=1S/C6H12S/c1-3-4-5-6(2)7/h5,7H,3-4H2,1-2H3/b6-5-. The first-order chi connectivity index (χ1) is 3.27. The Hall–Kier alpha value is 0.0900. The summed E-state index contributed by atoms with van der Waals surface area (Å²) in [5.74, 6) is 0. The summed E-state index contributed by atoms with van der Waals surface area (Å²) in [7, 11) is 0. The zero-order valence-electron chi connectivity index (χ0n) is 4.94. The molecule has 0 fully saturated rings. The van der Waals surface area contributed by atoms with Gasteiger partial charge in [0.25, 0.3) is 0 Å². The van der Waals surface area contributed by atoms with E-state index in [1.54, 1.807) is 0 Å². The van der Waals surface area contributed by atoms with E-state index >= 15 is 0 Å². The third-order valence-electron chi connectivity index (χ3n) is 0.728. The molecule has 0 unspecified atom stereocenters. The highest BCUT2D eigenvalue weighted by molar-refractivity contribution is 7.84. The van der Waals surface area contributed by atoms with Crippen LogP contribution in [0, 0.1) is 0 Å². The summed E-state index contributed by atoms with van der Waals surface area (Å²) in [6.07, 6.45) is 4.51. The van der Waals surface area contributed by atoms with Crippen LogP contribution in [0.1, 0.15) is 26.7 Å². The Bertz CT molecular complexity index is 60.6. The van der Waals surface area contributed by atoms with Crippen molar-refractivity contribution in [2.45, 2.75) is 26.7 Å². The summed E-state index contributed by atoms with van der Waals surface area (Å²) >= 11 is 4.09. The van der Waals surface area contributed by atoms with Gasteiger partial charge >= 0.3 is 0 Å². The van der Waals surface area contributed by atoms with Gasteiger partial charge in [-0.3, -0.25) is 0 Å². The van der Waals surface area contributed by atoms with Gasteiger partial charge in [0.05, 0.1) is 0 Å². The van der Waals surface area contributed by atoms with Crippen molar-refractivity contribution in [3.63, 3.8) is 0 Å². The fourth-order valence-electron chi connectivity index (χ4n) is 0.353. The molecule has 0 bridgehead atoms. The lowest BCUT2D eigenvalue weighted by Crippen LogP contribution is -1.61. The van der Waals surface area contributed by atoms with E-state index in [0.717, 1.165) is 11.3 Å². The quantitative estimate of drug-likeness (QED) is 0.527. The molecule has 0 N–H and O–H groups in total. The summed E-state index contributed by atoms with van der Waals surface area (Å²) in [6.45, 7) is 4.16. The molecule has 0 saturated heterocycles. The molecule has 0 rings (SSSR count). The van der Waals surface area contributed by atoms with E-state index in [2.05, 4.69) is 25.6 Å². The minimum Gasteiger partial charge on any atom is -0.149 e. The predicted molar refractivity (Wildman–Crippen MR) is 37.7 cm³/mol. The number of rotatable bonds is 2. The highest BCUT2D eigenvalue weighted by atomic mass is 32.1. The van der Waals surface area contributed by atoms with E-state index in [9.17, 15) is 0 Å². The molecule has 0 aliphatic heterocycles. The largest absolute Gasteiger partial charge is 0.149 e. The Balaban J connectivity index is 3.08. The van der Waals surface area contributed by atoms with Gasteiger partial charge in [0.2, 0.25) is 0 Å². The van der Waals surface area contributed by atoms with Crippen molar-refractivity contribution in [1.29, 1.82) is 0 Å². The van der Waals surface area contributed by atoms with E-state index in [1.807, 2.05) is 6.92 Å². The predicted octanol–water partition coefficient (Wildman–Crippen LogP) is 2.62. The van der Waals surface area contributed by atoms with E-state index in [0.29, 0.717) is 0 Å². The molecular weight excluding hydrogens is 104 g/mol. The molecule has 0 aliphatic rings. The van der Waals surface area contributed by atoms with Crippen molar-refractivity contribution < 1.29 is 0 Å². The van der Waals surface area contributed by atoms with E-state index in [4.69, 9.17) is 0 Å². The average molecular weight is 116 g/mol. The van der Waals surface area contributed by atoms with Crippen LogP contribution >= 0.6 is 12.6 Å². The molecule has 0 aromatic rings. The van der Waals surface area contributed by atoms with Crippen LogP contribution in [0.15, 0.2) is 11.0 Å². The second-order valence-corrected chi connectivity index (χ2v) is 2.34. The monoisotopic (exact) mass is 116 g/mol. The third kappa shape index (κ3) is 6.09. The first-order valence-corrected chi connectivity index (χ1v) is 3.07. The summed E-state index contributed by atoms with van der Waals surface area (Å²) in [5.41, 5.74) is 0. The summed E-state index contributed by atoms with van der Waals surface area (Å²) in [6, 6.07) is 0. The maximum absolute atomic E-state index is 4.09. The third-order valence-corrected chi connectivity index (χ3v) is 0.911. The fourth-order valence-corrected chi connectivity index (χ4v) is 0.482. The normalized spacial score (nSPS) is 12.1. The Morgan fingerprint density at radius 2 is 2.29 bits per heavy atom. The average Bonchev–Trinajstić information content (AvgIpc) is 1.61. The molecule has 0 saturated carbocycles. The summed E-state index contributed by atoms with van der Waals surface area (Å²) < 4.78 is 0. The Morgan fingerprint density at radius 1 is 1.71 bits per heavy atom. The van der Waals surface area contributed by atoms with Gasteiger partial charge in [-0.05, 0) is 18.2 Å². The van der Waals surface area contributed by atoms with Crippen molar-refractivity contribution in [2.24, 2.45) is 0 Å². The fraction of sp³-hybridized carbons (Fsp3) is 0.667. The molecule has 42 valence electrons. The van der Waals surface area contributed by atoms with Crippen molar-refractivity contribution >= 4 is 12.6 Å². The molecule has 0 nitrogen and oxygen atoms in total. The molecule has 0 aromatic heterocycles. The maximum Gasteiger partial charge on any atom is -0.0255 e. The maximum atomic E-state index is 4.09. The zero-order valence-corrected chi connectivity index (χ0v) is 5.83. The van der Waals surface area contributed by atoms with Gasteiger partial charge in [-0.15, -0.1) is 12.6 Å². The SMILES string of the molecule is CCC/C=C(/C)S. The van der Waals surface area contributed by atoms with Crippen LogP contribution in [0.4, 0.5) is 0 Å². The van der Waals surface area contributed by atoms with E-state index < -0.39 is 0 Å². The van der Waals surface area contributed by atoms with Gasteiger partial charge in [-0.25, -0.2) is 0 Å². The van der Waals surface area contributed by atoms with Gasteiger partial charge in [0.1, 0.15) is 0 Å². The molecule has 7 heavy (non-hydrogen) atoms. The molecule has 0 aliphatic carbocycles. The first-order valence-electron chi connectivity index (χ1n) is 2.63. The molecule has 0 amide bonds. The number of hydrogen-bond donors (Lipinski definition) is 1. The van der Waals surface area contributed by atoms with Gasteiger partial charge in [-0.1, -0.05) is 19.4 Å². The Morgan fingerprint density at radius 3 is 2.43 bits per heavy atom. The van der Waals surface area contributed by atoms with Gasteiger partial charge in [0.15, 0.2) is 0 Å². The first kappa shape index (κ1) is 7.09. The molecule has 0 aromatic carbocycles. The van der Waals surface area contributed by atoms with Crippen LogP contribution in [0.2, 0.25) is 0 Å². The lowest BCUT2D eigenvalue weighted by molar-refractivity contribution is 0.956. The molecule has 0 heterocycles. The van der Waals surface area contributed by atoms with E-state index in [1.165, 1.54) is 6.42 Å². The number of unbranched alkanes of at least 4 members (excludes halogenated alkanes) is 1. The highest BCUT2D eigenvalue weighted by Gasteiger charge is 1.74. The minimum atomic E-state index is 1.13. The molecule has 0 radical (unpaired) electrons. The van der Waals surface area contributed by atoms with Crippen LogP contribution < -0.4 is 0 Å². The van der Waals surface area contributed by atoms with Crippen molar-refractivity contribution in [3.05, 3.63) is 11.0 Å². The molecule has 0 atom stereocenters. The smallest absolute Gasteiger partial charge is 0.0255 e. The van der Waals surface area contributed by atoms with Crippen LogP contribution in [0.5, 0.6) is 0 Å². The van der Waals surface area contributed by atoms with Crippen LogP contribution in [-0.2, 0) is 0 Å². The molecule has 0 spiro atoms. The Labute approximate surface area is 51.0 Å². The van der Waals surface area contributed by atoms with Gasteiger partial charge in [0, 0.05) is 0 Å². The second kappa shape index (κ2) is 4.25.